The highest BCUT2D eigenvalue weighted by Gasteiger charge is 2.19. The Hall–Kier alpha value is -2.73. The first-order valence-electron chi connectivity index (χ1n) is 10.1. The Morgan fingerprint density at radius 1 is 1.24 bits per heavy atom. The summed E-state index contributed by atoms with van der Waals surface area (Å²) in [6, 6.07) is 11.5. The van der Waals surface area contributed by atoms with Crippen molar-refractivity contribution in [2.75, 3.05) is 6.54 Å². The lowest BCUT2D eigenvalue weighted by molar-refractivity contribution is 0.0951. The molecule has 0 bridgehead atoms. The molecule has 0 fully saturated rings. The van der Waals surface area contributed by atoms with Crippen molar-refractivity contribution >= 4 is 17.2 Å². The van der Waals surface area contributed by atoms with E-state index in [-0.39, 0.29) is 23.1 Å². The van der Waals surface area contributed by atoms with Crippen LogP contribution in [0.4, 0.5) is 0 Å². The van der Waals surface area contributed by atoms with Gasteiger partial charge < -0.3 is 9.88 Å². The third kappa shape index (κ3) is 4.03. The van der Waals surface area contributed by atoms with E-state index in [1.54, 1.807) is 29.0 Å². The molecule has 0 aliphatic heterocycles. The maximum atomic E-state index is 13.1. The van der Waals surface area contributed by atoms with Gasteiger partial charge in [0.2, 0.25) is 0 Å². The maximum absolute atomic E-state index is 13.1. The van der Waals surface area contributed by atoms with Crippen molar-refractivity contribution in [3.8, 4) is 0 Å². The molecule has 1 atom stereocenters. The van der Waals surface area contributed by atoms with E-state index in [9.17, 15) is 9.59 Å². The van der Waals surface area contributed by atoms with Crippen LogP contribution in [0.25, 0.3) is 0 Å². The fourth-order valence-corrected chi connectivity index (χ4v) is 4.99. The lowest BCUT2D eigenvalue weighted by atomic mass is 10.1. The van der Waals surface area contributed by atoms with Gasteiger partial charge in [-0.2, -0.15) is 0 Å². The molecular formula is C23H25N3O2S. The molecule has 1 N–H and O–H groups in total. The van der Waals surface area contributed by atoms with Gasteiger partial charge in [-0.25, -0.2) is 4.98 Å². The third-order valence-corrected chi connectivity index (χ3v) is 6.74. The number of benzene rings is 1. The molecule has 29 heavy (non-hydrogen) atoms. The summed E-state index contributed by atoms with van der Waals surface area (Å²) in [4.78, 5) is 31.9. The quantitative estimate of drug-likeness (QED) is 0.678. The first-order chi connectivity index (χ1) is 14.0. The van der Waals surface area contributed by atoms with Crippen LogP contribution in [0.1, 0.15) is 56.4 Å². The first-order valence-corrected chi connectivity index (χ1v) is 10.9. The molecule has 4 rings (SSSR count). The molecular weight excluding hydrogens is 382 g/mol. The highest BCUT2D eigenvalue weighted by atomic mass is 32.1. The number of rotatable bonds is 6. The molecule has 1 amide bonds. The largest absolute Gasteiger partial charge is 0.351 e. The zero-order valence-corrected chi connectivity index (χ0v) is 17.6. The average molecular weight is 408 g/mol. The second-order valence-electron chi connectivity index (χ2n) is 7.51. The number of thiazole rings is 1. The zero-order chi connectivity index (χ0) is 20.4. The number of hydrogen-bond acceptors (Lipinski definition) is 4. The lowest BCUT2D eigenvalue weighted by Crippen LogP contribution is -2.35. The van der Waals surface area contributed by atoms with E-state index in [4.69, 9.17) is 0 Å². The van der Waals surface area contributed by atoms with Crippen LogP contribution < -0.4 is 10.9 Å². The molecule has 150 valence electrons. The SMILES string of the molecule is Cc1ccn(C(C)c2ccccc2)c(=O)c1C(=O)NCCc1nc2c(s1)CCC2. The standard InChI is InChI=1S/C23H25N3O2S/c1-15-12-14-26(16(2)17-7-4-3-5-8-17)23(28)21(15)22(27)24-13-11-20-25-18-9-6-10-19(18)29-20/h3-5,7-8,12,14,16H,6,9-11,13H2,1-2H3,(H,24,27). The Bertz CT molecular complexity index is 1060. The molecule has 0 spiro atoms. The van der Waals surface area contributed by atoms with Gasteiger partial charge in [0.05, 0.1) is 16.7 Å². The molecule has 0 saturated carbocycles. The number of carbonyl (C=O) groups excluding carboxylic acids is 1. The Balaban J connectivity index is 1.48. The molecule has 2 aromatic heterocycles. The molecule has 0 radical (unpaired) electrons. The van der Waals surface area contributed by atoms with Gasteiger partial charge in [0, 0.05) is 24.0 Å². The Morgan fingerprint density at radius 2 is 2.03 bits per heavy atom. The number of carbonyl (C=O) groups is 1. The molecule has 5 nitrogen and oxygen atoms in total. The van der Waals surface area contributed by atoms with Crippen LogP contribution >= 0.6 is 11.3 Å². The Morgan fingerprint density at radius 3 is 2.79 bits per heavy atom. The zero-order valence-electron chi connectivity index (χ0n) is 16.8. The first kappa shape index (κ1) is 19.6. The summed E-state index contributed by atoms with van der Waals surface area (Å²) in [7, 11) is 0. The summed E-state index contributed by atoms with van der Waals surface area (Å²) in [6.45, 7) is 4.25. The molecule has 1 aliphatic carbocycles. The second kappa shape index (κ2) is 8.33. The van der Waals surface area contributed by atoms with Crippen molar-refractivity contribution in [2.24, 2.45) is 0 Å². The van der Waals surface area contributed by atoms with Gasteiger partial charge in [-0.3, -0.25) is 9.59 Å². The predicted octanol–water partition coefficient (Wildman–Crippen LogP) is 3.68. The normalized spacial score (nSPS) is 13.9. The highest BCUT2D eigenvalue weighted by Crippen LogP contribution is 2.27. The van der Waals surface area contributed by atoms with Crippen molar-refractivity contribution in [1.82, 2.24) is 14.9 Å². The van der Waals surface area contributed by atoms with Gasteiger partial charge in [0.25, 0.3) is 11.5 Å². The van der Waals surface area contributed by atoms with E-state index in [0.29, 0.717) is 18.5 Å². The molecule has 1 aromatic carbocycles. The van der Waals surface area contributed by atoms with E-state index in [0.717, 1.165) is 23.4 Å². The van der Waals surface area contributed by atoms with Crippen molar-refractivity contribution in [3.63, 3.8) is 0 Å². The van der Waals surface area contributed by atoms with Crippen LogP contribution in [-0.2, 0) is 19.3 Å². The van der Waals surface area contributed by atoms with Crippen molar-refractivity contribution < 1.29 is 4.79 Å². The van der Waals surface area contributed by atoms with E-state index < -0.39 is 0 Å². The van der Waals surface area contributed by atoms with Crippen molar-refractivity contribution in [2.45, 2.75) is 45.6 Å². The van der Waals surface area contributed by atoms with Crippen LogP contribution in [0.2, 0.25) is 0 Å². The van der Waals surface area contributed by atoms with Gasteiger partial charge in [-0.05, 0) is 50.3 Å². The number of aromatic nitrogens is 2. The number of amides is 1. The van der Waals surface area contributed by atoms with E-state index in [1.165, 1.54) is 17.0 Å². The summed E-state index contributed by atoms with van der Waals surface area (Å²) < 4.78 is 1.63. The molecule has 1 unspecified atom stereocenters. The number of hydrogen-bond donors (Lipinski definition) is 1. The molecule has 2 heterocycles. The number of pyridine rings is 1. The Kier molecular flexibility index (Phi) is 5.62. The van der Waals surface area contributed by atoms with E-state index in [2.05, 4.69) is 10.3 Å². The predicted molar refractivity (Wildman–Crippen MR) is 116 cm³/mol. The van der Waals surface area contributed by atoms with E-state index >= 15 is 0 Å². The van der Waals surface area contributed by atoms with Crippen LogP contribution in [0, 0.1) is 6.92 Å². The Labute approximate surface area is 174 Å². The van der Waals surface area contributed by atoms with E-state index in [1.807, 2.05) is 43.3 Å². The van der Waals surface area contributed by atoms with Gasteiger partial charge in [0.1, 0.15) is 5.56 Å². The average Bonchev–Trinajstić information content (AvgIpc) is 3.30. The van der Waals surface area contributed by atoms with Crippen molar-refractivity contribution in [3.05, 3.63) is 85.2 Å². The number of nitrogens with one attached hydrogen (secondary N) is 1. The molecule has 6 heteroatoms. The fraction of sp³-hybridized carbons (Fsp3) is 0.348. The summed E-state index contributed by atoms with van der Waals surface area (Å²) in [5.74, 6) is -0.314. The minimum absolute atomic E-state index is 0.145. The van der Waals surface area contributed by atoms with Gasteiger partial charge in [0.15, 0.2) is 0 Å². The minimum atomic E-state index is -0.314. The monoisotopic (exact) mass is 407 g/mol. The number of aryl methyl sites for hydroxylation is 3. The lowest BCUT2D eigenvalue weighted by Gasteiger charge is -2.17. The minimum Gasteiger partial charge on any atom is -0.351 e. The van der Waals surface area contributed by atoms with Crippen LogP contribution in [0.5, 0.6) is 0 Å². The summed E-state index contributed by atoms with van der Waals surface area (Å²) in [5, 5.41) is 3.98. The summed E-state index contributed by atoms with van der Waals surface area (Å²) in [5.41, 5.74) is 2.91. The van der Waals surface area contributed by atoms with Crippen LogP contribution in [-0.4, -0.2) is 22.0 Å². The van der Waals surface area contributed by atoms with Gasteiger partial charge in [-0.15, -0.1) is 11.3 Å². The number of fused-ring (bicyclic) bond motifs is 1. The second-order valence-corrected chi connectivity index (χ2v) is 8.68. The number of nitrogens with zero attached hydrogens (tertiary/aromatic N) is 2. The van der Waals surface area contributed by atoms with Gasteiger partial charge in [-0.1, -0.05) is 30.3 Å². The van der Waals surface area contributed by atoms with Crippen LogP contribution in [0.15, 0.2) is 47.4 Å². The molecule has 3 aromatic rings. The highest BCUT2D eigenvalue weighted by molar-refractivity contribution is 7.11. The smallest absolute Gasteiger partial charge is 0.264 e. The van der Waals surface area contributed by atoms with Gasteiger partial charge >= 0.3 is 0 Å². The van der Waals surface area contributed by atoms with Crippen molar-refractivity contribution in [1.29, 1.82) is 0 Å². The topological polar surface area (TPSA) is 64.0 Å². The fourth-order valence-electron chi connectivity index (χ4n) is 3.84. The summed E-state index contributed by atoms with van der Waals surface area (Å²) >= 11 is 1.75. The van der Waals surface area contributed by atoms with Crippen LogP contribution in [0.3, 0.4) is 0 Å². The molecule has 1 aliphatic rings. The molecule has 0 saturated heterocycles. The summed E-state index contributed by atoms with van der Waals surface area (Å²) in [6.07, 6.45) is 5.86. The maximum Gasteiger partial charge on any atom is 0.264 e. The third-order valence-electron chi connectivity index (χ3n) is 5.52.